The molecule has 1 atom stereocenters. The summed E-state index contributed by atoms with van der Waals surface area (Å²) in [4.78, 5) is 0. The van der Waals surface area contributed by atoms with Gasteiger partial charge < -0.3 is 15.6 Å². The summed E-state index contributed by atoms with van der Waals surface area (Å²) < 4.78 is 2.12. The molecule has 1 aromatic carbocycles. The SMILES string of the molecule is CC(N)CNc1cn(C)c2ccccc12. The second-order valence-electron chi connectivity index (χ2n) is 4.03. The minimum Gasteiger partial charge on any atom is -0.382 e. The van der Waals surface area contributed by atoms with Crippen LogP contribution in [-0.4, -0.2) is 17.2 Å². The van der Waals surface area contributed by atoms with Crippen LogP contribution < -0.4 is 11.1 Å². The fraction of sp³-hybridized carbons (Fsp3) is 0.333. The molecule has 0 amide bonds. The summed E-state index contributed by atoms with van der Waals surface area (Å²) in [5.41, 5.74) is 8.12. The Morgan fingerprint density at radius 1 is 1.40 bits per heavy atom. The molecule has 0 aliphatic carbocycles. The van der Waals surface area contributed by atoms with Crippen molar-refractivity contribution in [3.63, 3.8) is 0 Å². The number of aryl methyl sites for hydroxylation is 1. The number of rotatable bonds is 3. The number of nitrogens with two attached hydrogens (primary N) is 1. The van der Waals surface area contributed by atoms with Crippen LogP contribution in [0.5, 0.6) is 0 Å². The molecule has 1 heterocycles. The Kier molecular flexibility index (Phi) is 2.64. The van der Waals surface area contributed by atoms with Crippen LogP contribution in [0, 0.1) is 0 Å². The molecule has 0 aliphatic heterocycles. The first kappa shape index (κ1) is 10.1. The van der Waals surface area contributed by atoms with Gasteiger partial charge in [0.2, 0.25) is 0 Å². The average molecular weight is 203 g/mol. The Labute approximate surface area is 89.9 Å². The maximum atomic E-state index is 5.72. The molecule has 0 fully saturated rings. The normalized spacial score (nSPS) is 13.0. The van der Waals surface area contributed by atoms with Crippen molar-refractivity contribution in [1.29, 1.82) is 0 Å². The van der Waals surface area contributed by atoms with Gasteiger partial charge in [-0.25, -0.2) is 0 Å². The summed E-state index contributed by atoms with van der Waals surface area (Å²) in [6.07, 6.45) is 2.10. The minimum absolute atomic E-state index is 0.170. The van der Waals surface area contributed by atoms with Crippen LogP contribution in [-0.2, 0) is 7.05 Å². The van der Waals surface area contributed by atoms with E-state index in [-0.39, 0.29) is 6.04 Å². The number of nitrogens with zero attached hydrogens (tertiary/aromatic N) is 1. The van der Waals surface area contributed by atoms with E-state index in [1.807, 2.05) is 6.92 Å². The number of nitrogens with one attached hydrogen (secondary N) is 1. The Bertz CT molecular complexity index is 457. The molecule has 80 valence electrons. The third-order valence-electron chi connectivity index (χ3n) is 2.51. The predicted octanol–water partition coefficient (Wildman–Crippen LogP) is 1.94. The van der Waals surface area contributed by atoms with E-state index in [4.69, 9.17) is 5.73 Å². The lowest BCUT2D eigenvalue weighted by Gasteiger charge is -2.07. The van der Waals surface area contributed by atoms with Crippen molar-refractivity contribution in [2.75, 3.05) is 11.9 Å². The molecule has 3 heteroatoms. The highest BCUT2D eigenvalue weighted by Crippen LogP contribution is 2.24. The lowest BCUT2D eigenvalue weighted by atomic mass is 10.2. The summed E-state index contributed by atoms with van der Waals surface area (Å²) in [6.45, 7) is 2.80. The quantitative estimate of drug-likeness (QED) is 0.800. The van der Waals surface area contributed by atoms with Gasteiger partial charge in [0, 0.05) is 36.7 Å². The minimum atomic E-state index is 0.170. The zero-order valence-corrected chi connectivity index (χ0v) is 9.20. The van der Waals surface area contributed by atoms with E-state index in [1.165, 1.54) is 10.9 Å². The van der Waals surface area contributed by atoms with Crippen LogP contribution in [0.1, 0.15) is 6.92 Å². The summed E-state index contributed by atoms with van der Waals surface area (Å²) in [7, 11) is 2.05. The second kappa shape index (κ2) is 3.95. The molecule has 3 nitrogen and oxygen atoms in total. The van der Waals surface area contributed by atoms with Crippen LogP contribution in [0.2, 0.25) is 0 Å². The largest absolute Gasteiger partial charge is 0.382 e. The first-order valence-electron chi connectivity index (χ1n) is 5.22. The molecule has 0 aliphatic rings. The third-order valence-corrected chi connectivity index (χ3v) is 2.51. The molecule has 0 spiro atoms. The van der Waals surface area contributed by atoms with Crippen LogP contribution in [0.3, 0.4) is 0 Å². The number of para-hydroxylation sites is 1. The third kappa shape index (κ3) is 1.97. The fourth-order valence-electron chi connectivity index (χ4n) is 1.75. The standard InChI is InChI=1S/C12H17N3/c1-9(13)7-14-11-8-15(2)12-6-4-3-5-10(11)12/h3-6,8-9,14H,7,13H2,1-2H3. The monoisotopic (exact) mass is 203 g/mol. The van der Waals surface area contributed by atoms with Gasteiger partial charge in [-0.3, -0.25) is 0 Å². The number of aromatic nitrogens is 1. The molecular formula is C12H17N3. The first-order valence-corrected chi connectivity index (χ1v) is 5.22. The molecule has 1 aromatic heterocycles. The number of hydrogen-bond acceptors (Lipinski definition) is 2. The maximum Gasteiger partial charge on any atom is 0.0600 e. The number of fused-ring (bicyclic) bond motifs is 1. The van der Waals surface area contributed by atoms with E-state index in [0.29, 0.717) is 0 Å². The number of hydrogen-bond donors (Lipinski definition) is 2. The van der Waals surface area contributed by atoms with E-state index in [2.05, 4.69) is 47.4 Å². The summed E-state index contributed by atoms with van der Waals surface area (Å²) in [6, 6.07) is 8.52. The number of benzene rings is 1. The van der Waals surface area contributed by atoms with E-state index in [9.17, 15) is 0 Å². The summed E-state index contributed by atoms with van der Waals surface area (Å²) >= 11 is 0. The highest BCUT2D eigenvalue weighted by molar-refractivity contribution is 5.92. The first-order chi connectivity index (χ1) is 7.18. The molecule has 2 rings (SSSR count). The van der Waals surface area contributed by atoms with Crippen molar-refractivity contribution < 1.29 is 0 Å². The van der Waals surface area contributed by atoms with Gasteiger partial charge in [0.25, 0.3) is 0 Å². The van der Waals surface area contributed by atoms with E-state index >= 15 is 0 Å². The average Bonchev–Trinajstić information content (AvgIpc) is 2.54. The van der Waals surface area contributed by atoms with Crippen molar-refractivity contribution in [3.8, 4) is 0 Å². The van der Waals surface area contributed by atoms with Crippen LogP contribution in [0.15, 0.2) is 30.5 Å². The fourth-order valence-corrected chi connectivity index (χ4v) is 1.75. The molecular weight excluding hydrogens is 186 g/mol. The van der Waals surface area contributed by atoms with Gasteiger partial charge in [0.15, 0.2) is 0 Å². The van der Waals surface area contributed by atoms with Crippen molar-refractivity contribution >= 4 is 16.6 Å². The van der Waals surface area contributed by atoms with Gasteiger partial charge in [-0.05, 0) is 13.0 Å². The van der Waals surface area contributed by atoms with Crippen LogP contribution in [0.4, 0.5) is 5.69 Å². The molecule has 0 saturated carbocycles. The van der Waals surface area contributed by atoms with Gasteiger partial charge >= 0.3 is 0 Å². The van der Waals surface area contributed by atoms with E-state index in [0.717, 1.165) is 12.2 Å². The highest BCUT2D eigenvalue weighted by Gasteiger charge is 2.05. The molecule has 2 aromatic rings. The van der Waals surface area contributed by atoms with E-state index < -0.39 is 0 Å². The van der Waals surface area contributed by atoms with Gasteiger partial charge in [0.1, 0.15) is 0 Å². The maximum absolute atomic E-state index is 5.72. The van der Waals surface area contributed by atoms with Crippen LogP contribution in [0.25, 0.3) is 10.9 Å². The molecule has 15 heavy (non-hydrogen) atoms. The van der Waals surface area contributed by atoms with Gasteiger partial charge in [-0.2, -0.15) is 0 Å². The Balaban J connectivity index is 2.35. The summed E-state index contributed by atoms with van der Waals surface area (Å²) in [5, 5.41) is 4.61. The number of anilines is 1. The van der Waals surface area contributed by atoms with Crippen molar-refractivity contribution in [1.82, 2.24) is 4.57 Å². The highest BCUT2D eigenvalue weighted by atomic mass is 15.0. The zero-order chi connectivity index (χ0) is 10.8. The molecule has 0 saturated heterocycles. The van der Waals surface area contributed by atoms with Crippen LogP contribution >= 0.6 is 0 Å². The molecule has 3 N–H and O–H groups in total. The predicted molar refractivity (Wildman–Crippen MR) is 65.1 cm³/mol. The lowest BCUT2D eigenvalue weighted by Crippen LogP contribution is -2.25. The van der Waals surface area contributed by atoms with Gasteiger partial charge in [0.05, 0.1) is 5.69 Å². The molecule has 0 bridgehead atoms. The van der Waals surface area contributed by atoms with Crippen molar-refractivity contribution in [2.24, 2.45) is 12.8 Å². The van der Waals surface area contributed by atoms with Gasteiger partial charge in [-0.1, -0.05) is 18.2 Å². The Morgan fingerprint density at radius 2 is 2.13 bits per heavy atom. The van der Waals surface area contributed by atoms with Crippen molar-refractivity contribution in [2.45, 2.75) is 13.0 Å². The van der Waals surface area contributed by atoms with E-state index in [1.54, 1.807) is 0 Å². The van der Waals surface area contributed by atoms with Gasteiger partial charge in [-0.15, -0.1) is 0 Å². The smallest absolute Gasteiger partial charge is 0.0600 e. The summed E-state index contributed by atoms with van der Waals surface area (Å²) in [5.74, 6) is 0. The molecule has 1 unspecified atom stereocenters. The Hall–Kier alpha value is -1.48. The topological polar surface area (TPSA) is 43.0 Å². The second-order valence-corrected chi connectivity index (χ2v) is 4.03. The zero-order valence-electron chi connectivity index (χ0n) is 9.20. The lowest BCUT2D eigenvalue weighted by molar-refractivity contribution is 0.780. The Morgan fingerprint density at radius 3 is 2.87 bits per heavy atom. The molecule has 0 radical (unpaired) electrons. The van der Waals surface area contributed by atoms with Crippen molar-refractivity contribution in [3.05, 3.63) is 30.5 Å².